The highest BCUT2D eigenvalue weighted by Gasteiger charge is 2.13. The molecule has 0 aliphatic heterocycles. The van der Waals surface area contributed by atoms with Crippen LogP contribution in [0.15, 0.2) is 54.6 Å². The Kier molecular flexibility index (Phi) is 4.74. The van der Waals surface area contributed by atoms with E-state index in [1.165, 1.54) is 0 Å². The van der Waals surface area contributed by atoms with Crippen molar-refractivity contribution in [3.63, 3.8) is 0 Å². The lowest BCUT2D eigenvalue weighted by atomic mass is 10.1. The number of aromatic hydroxyl groups is 1. The fraction of sp³-hybridized carbons (Fsp3) is 0.188. The van der Waals surface area contributed by atoms with Crippen LogP contribution < -0.4 is 5.32 Å². The summed E-state index contributed by atoms with van der Waals surface area (Å²) in [7, 11) is 0. The Bertz CT molecular complexity index is 552. The van der Waals surface area contributed by atoms with Gasteiger partial charge in [0.1, 0.15) is 5.75 Å². The van der Waals surface area contributed by atoms with Gasteiger partial charge in [0.05, 0.1) is 12.6 Å². The first-order chi connectivity index (χ1) is 9.69. The van der Waals surface area contributed by atoms with Crippen LogP contribution in [-0.4, -0.2) is 28.8 Å². The van der Waals surface area contributed by atoms with Crippen LogP contribution in [0, 0.1) is 0 Å². The van der Waals surface area contributed by atoms with E-state index in [0.29, 0.717) is 12.0 Å². The summed E-state index contributed by atoms with van der Waals surface area (Å²) in [4.78, 5) is 12.0. The van der Waals surface area contributed by atoms with Crippen molar-refractivity contribution < 1.29 is 15.0 Å². The number of nitrogens with one attached hydrogen (secondary N) is 1. The second-order valence-corrected chi connectivity index (χ2v) is 4.59. The van der Waals surface area contributed by atoms with E-state index in [1.54, 1.807) is 48.5 Å². The zero-order valence-electron chi connectivity index (χ0n) is 11.0. The van der Waals surface area contributed by atoms with Gasteiger partial charge in [0.2, 0.25) is 0 Å². The quantitative estimate of drug-likeness (QED) is 0.775. The van der Waals surface area contributed by atoms with Crippen LogP contribution in [-0.2, 0) is 6.42 Å². The molecule has 0 aromatic heterocycles. The zero-order chi connectivity index (χ0) is 14.4. The van der Waals surface area contributed by atoms with E-state index in [4.69, 9.17) is 0 Å². The number of hydrogen-bond acceptors (Lipinski definition) is 3. The molecule has 1 amide bonds. The van der Waals surface area contributed by atoms with Crippen LogP contribution in [0.2, 0.25) is 0 Å². The maximum absolute atomic E-state index is 12.0. The standard InChI is InChI=1S/C16H17NO3/c18-11-14(10-12-6-8-15(19)9-7-12)17-16(20)13-4-2-1-3-5-13/h1-9,14,18-19H,10-11H2,(H,17,20)/t14-/m0/s1. The summed E-state index contributed by atoms with van der Waals surface area (Å²) >= 11 is 0. The van der Waals surface area contributed by atoms with Crippen LogP contribution in [0.4, 0.5) is 0 Å². The highest BCUT2D eigenvalue weighted by Crippen LogP contribution is 2.11. The predicted octanol–water partition coefficient (Wildman–Crippen LogP) is 1.73. The molecule has 0 unspecified atom stereocenters. The topological polar surface area (TPSA) is 69.6 Å². The second kappa shape index (κ2) is 6.73. The first-order valence-electron chi connectivity index (χ1n) is 6.43. The molecular weight excluding hydrogens is 254 g/mol. The van der Waals surface area contributed by atoms with Gasteiger partial charge in [-0.3, -0.25) is 4.79 Å². The van der Waals surface area contributed by atoms with Gasteiger partial charge in [-0.25, -0.2) is 0 Å². The third kappa shape index (κ3) is 3.83. The summed E-state index contributed by atoms with van der Waals surface area (Å²) in [6.07, 6.45) is 0.509. The highest BCUT2D eigenvalue weighted by molar-refractivity contribution is 5.94. The normalized spacial score (nSPS) is 11.8. The number of amides is 1. The van der Waals surface area contributed by atoms with E-state index in [2.05, 4.69) is 5.32 Å². The van der Waals surface area contributed by atoms with Crippen LogP contribution in [0.25, 0.3) is 0 Å². The molecule has 20 heavy (non-hydrogen) atoms. The molecule has 1 atom stereocenters. The Morgan fingerprint density at radius 2 is 1.70 bits per heavy atom. The fourth-order valence-corrected chi connectivity index (χ4v) is 1.94. The lowest BCUT2D eigenvalue weighted by Crippen LogP contribution is -2.39. The molecular formula is C16H17NO3. The minimum atomic E-state index is -0.354. The first kappa shape index (κ1) is 14.1. The second-order valence-electron chi connectivity index (χ2n) is 4.59. The minimum absolute atomic E-state index is 0.139. The van der Waals surface area contributed by atoms with Crippen molar-refractivity contribution >= 4 is 5.91 Å². The number of phenols is 1. The smallest absolute Gasteiger partial charge is 0.251 e. The van der Waals surface area contributed by atoms with E-state index in [9.17, 15) is 15.0 Å². The Morgan fingerprint density at radius 3 is 2.30 bits per heavy atom. The number of carbonyl (C=O) groups excluding carboxylic acids is 1. The lowest BCUT2D eigenvalue weighted by Gasteiger charge is -2.16. The Morgan fingerprint density at radius 1 is 1.05 bits per heavy atom. The summed E-state index contributed by atoms with van der Waals surface area (Å²) in [5.41, 5.74) is 1.51. The number of rotatable bonds is 5. The largest absolute Gasteiger partial charge is 0.508 e. The molecule has 104 valence electrons. The third-order valence-corrected chi connectivity index (χ3v) is 3.01. The van der Waals surface area contributed by atoms with Crippen LogP contribution >= 0.6 is 0 Å². The molecule has 0 saturated heterocycles. The van der Waals surface area contributed by atoms with Gasteiger partial charge in [0.15, 0.2) is 0 Å². The van der Waals surface area contributed by atoms with Crippen molar-refractivity contribution in [2.24, 2.45) is 0 Å². The zero-order valence-corrected chi connectivity index (χ0v) is 11.0. The number of aliphatic hydroxyl groups excluding tert-OH is 1. The molecule has 4 heteroatoms. The number of carbonyl (C=O) groups is 1. The van der Waals surface area contributed by atoms with Crippen molar-refractivity contribution in [2.45, 2.75) is 12.5 Å². The molecule has 2 rings (SSSR count). The minimum Gasteiger partial charge on any atom is -0.508 e. The summed E-state index contributed by atoms with van der Waals surface area (Å²) in [6, 6.07) is 15.2. The summed E-state index contributed by atoms with van der Waals surface area (Å²) in [5, 5.41) is 21.4. The van der Waals surface area contributed by atoms with E-state index in [-0.39, 0.29) is 24.3 Å². The highest BCUT2D eigenvalue weighted by atomic mass is 16.3. The van der Waals surface area contributed by atoms with Crippen molar-refractivity contribution in [1.29, 1.82) is 0 Å². The number of aliphatic hydroxyl groups is 1. The lowest BCUT2D eigenvalue weighted by molar-refractivity contribution is 0.0916. The van der Waals surface area contributed by atoms with E-state index < -0.39 is 0 Å². The van der Waals surface area contributed by atoms with Gasteiger partial charge >= 0.3 is 0 Å². The Labute approximate surface area is 117 Å². The van der Waals surface area contributed by atoms with Gasteiger partial charge in [0, 0.05) is 5.56 Å². The molecule has 4 nitrogen and oxygen atoms in total. The number of benzene rings is 2. The monoisotopic (exact) mass is 271 g/mol. The number of phenolic OH excluding ortho intramolecular Hbond substituents is 1. The summed E-state index contributed by atoms with van der Waals surface area (Å²) in [5.74, 6) is -0.00829. The molecule has 0 spiro atoms. The molecule has 0 fully saturated rings. The maximum Gasteiger partial charge on any atom is 0.251 e. The van der Waals surface area contributed by atoms with Crippen molar-refractivity contribution in [2.75, 3.05) is 6.61 Å². The number of hydrogen-bond donors (Lipinski definition) is 3. The molecule has 2 aromatic carbocycles. The molecule has 0 aliphatic rings. The molecule has 0 saturated carbocycles. The van der Waals surface area contributed by atoms with Gasteiger partial charge in [-0.2, -0.15) is 0 Å². The van der Waals surface area contributed by atoms with Gasteiger partial charge in [-0.15, -0.1) is 0 Å². The van der Waals surface area contributed by atoms with Crippen molar-refractivity contribution in [3.05, 3.63) is 65.7 Å². The maximum atomic E-state index is 12.0. The van der Waals surface area contributed by atoms with Crippen molar-refractivity contribution in [1.82, 2.24) is 5.32 Å². The molecule has 3 N–H and O–H groups in total. The van der Waals surface area contributed by atoms with Gasteiger partial charge in [-0.05, 0) is 36.2 Å². The average Bonchev–Trinajstić information content (AvgIpc) is 2.49. The Balaban J connectivity index is 1.99. The SMILES string of the molecule is O=C(N[C@H](CO)Cc1ccc(O)cc1)c1ccccc1. The first-order valence-corrected chi connectivity index (χ1v) is 6.43. The van der Waals surface area contributed by atoms with Crippen LogP contribution in [0.3, 0.4) is 0 Å². The van der Waals surface area contributed by atoms with Gasteiger partial charge < -0.3 is 15.5 Å². The molecule has 2 aromatic rings. The van der Waals surface area contributed by atoms with Crippen LogP contribution in [0.5, 0.6) is 5.75 Å². The summed E-state index contributed by atoms with van der Waals surface area (Å²) < 4.78 is 0. The molecule has 0 bridgehead atoms. The molecule has 0 aliphatic carbocycles. The third-order valence-electron chi connectivity index (χ3n) is 3.01. The van der Waals surface area contributed by atoms with Gasteiger partial charge in [0.25, 0.3) is 5.91 Å². The Hall–Kier alpha value is -2.33. The average molecular weight is 271 g/mol. The predicted molar refractivity (Wildman–Crippen MR) is 76.6 cm³/mol. The van der Waals surface area contributed by atoms with Gasteiger partial charge in [-0.1, -0.05) is 30.3 Å². The van der Waals surface area contributed by atoms with E-state index in [0.717, 1.165) is 5.56 Å². The van der Waals surface area contributed by atoms with Crippen LogP contribution in [0.1, 0.15) is 15.9 Å². The molecule has 0 radical (unpaired) electrons. The van der Waals surface area contributed by atoms with E-state index >= 15 is 0 Å². The van der Waals surface area contributed by atoms with E-state index in [1.807, 2.05) is 6.07 Å². The molecule has 0 heterocycles. The van der Waals surface area contributed by atoms with Crippen molar-refractivity contribution in [3.8, 4) is 5.75 Å². The summed E-state index contributed by atoms with van der Waals surface area (Å²) in [6.45, 7) is -0.139. The fourth-order valence-electron chi connectivity index (χ4n) is 1.94.